The van der Waals surface area contributed by atoms with Crippen molar-refractivity contribution in [3.05, 3.63) is 28.0 Å². The summed E-state index contributed by atoms with van der Waals surface area (Å²) < 4.78 is 8.76. The van der Waals surface area contributed by atoms with E-state index >= 15 is 0 Å². The molecule has 3 aromatic heterocycles. The summed E-state index contributed by atoms with van der Waals surface area (Å²) in [7, 11) is 3.63. The first-order valence-electron chi connectivity index (χ1n) is 8.14. The molecule has 0 saturated carbocycles. The minimum atomic E-state index is -0.925. The van der Waals surface area contributed by atoms with Gasteiger partial charge in [-0.25, -0.2) is 4.79 Å². The molecule has 26 heavy (non-hydrogen) atoms. The Morgan fingerprint density at radius 1 is 1.15 bits per heavy atom. The highest BCUT2D eigenvalue weighted by Crippen LogP contribution is 2.28. The number of hydrogen-bond acceptors (Lipinski definition) is 6. The molecule has 0 bridgehead atoms. The smallest absolute Gasteiger partial charge is 0.349 e. The monoisotopic (exact) mass is 375 g/mol. The highest BCUT2D eigenvalue weighted by molar-refractivity contribution is 7.20. The number of aromatic nitrogens is 4. The van der Waals surface area contributed by atoms with Crippen molar-refractivity contribution >= 4 is 39.1 Å². The van der Waals surface area contributed by atoms with Gasteiger partial charge in [-0.15, -0.1) is 11.3 Å². The molecule has 1 atom stereocenters. The van der Waals surface area contributed by atoms with Crippen LogP contribution in [0.25, 0.3) is 10.2 Å². The number of carbonyl (C=O) groups is 2. The van der Waals surface area contributed by atoms with Crippen molar-refractivity contribution in [3.63, 3.8) is 0 Å². The lowest BCUT2D eigenvalue weighted by Crippen LogP contribution is -2.30. The maximum absolute atomic E-state index is 12.4. The summed E-state index contributed by atoms with van der Waals surface area (Å²) >= 11 is 1.30. The van der Waals surface area contributed by atoms with Gasteiger partial charge in [0.2, 0.25) is 0 Å². The van der Waals surface area contributed by atoms with Crippen LogP contribution >= 0.6 is 11.3 Å². The first-order valence-corrected chi connectivity index (χ1v) is 8.96. The molecule has 9 heteroatoms. The SMILES string of the molecule is Cc1nn(C)c(C)c1NC(=O)C(C)OC(=O)c1cc2c(C)nn(C)c2s1. The van der Waals surface area contributed by atoms with Crippen LogP contribution in [0, 0.1) is 20.8 Å². The van der Waals surface area contributed by atoms with Gasteiger partial charge in [-0.2, -0.15) is 10.2 Å². The minimum Gasteiger partial charge on any atom is -0.448 e. The topological polar surface area (TPSA) is 91.0 Å². The van der Waals surface area contributed by atoms with Gasteiger partial charge in [0.05, 0.1) is 22.8 Å². The minimum absolute atomic E-state index is 0.392. The number of esters is 1. The van der Waals surface area contributed by atoms with Crippen LogP contribution in [0.2, 0.25) is 0 Å². The van der Waals surface area contributed by atoms with Gasteiger partial charge in [-0.3, -0.25) is 14.2 Å². The maximum atomic E-state index is 12.4. The lowest BCUT2D eigenvalue weighted by Gasteiger charge is -2.13. The summed E-state index contributed by atoms with van der Waals surface area (Å²) in [4.78, 5) is 26.1. The highest BCUT2D eigenvalue weighted by atomic mass is 32.1. The van der Waals surface area contributed by atoms with E-state index in [1.165, 1.54) is 11.3 Å². The molecule has 3 heterocycles. The number of ether oxygens (including phenoxy) is 1. The standard InChI is InChI=1S/C17H21N5O3S/c1-8-12-7-13(26-16(12)22(6)19-8)17(24)25-11(4)15(23)18-14-9(2)20-21(5)10(14)3/h7,11H,1-6H3,(H,18,23). The van der Waals surface area contributed by atoms with E-state index in [2.05, 4.69) is 15.5 Å². The second kappa shape index (κ2) is 6.56. The van der Waals surface area contributed by atoms with Crippen molar-refractivity contribution in [1.82, 2.24) is 19.6 Å². The fraction of sp³-hybridized carbons (Fsp3) is 0.412. The Bertz CT molecular complexity index is 979. The first-order chi connectivity index (χ1) is 12.2. The van der Waals surface area contributed by atoms with Crippen LogP contribution in [0.3, 0.4) is 0 Å². The van der Waals surface area contributed by atoms with Crippen LogP contribution in [0.5, 0.6) is 0 Å². The van der Waals surface area contributed by atoms with Crippen molar-refractivity contribution in [2.45, 2.75) is 33.8 Å². The number of fused-ring (bicyclic) bond motifs is 1. The van der Waals surface area contributed by atoms with Crippen molar-refractivity contribution in [3.8, 4) is 0 Å². The summed E-state index contributed by atoms with van der Waals surface area (Å²) in [6.45, 7) is 7.11. The first kappa shape index (κ1) is 18.1. The Hall–Kier alpha value is -2.68. The Morgan fingerprint density at radius 3 is 2.38 bits per heavy atom. The highest BCUT2D eigenvalue weighted by Gasteiger charge is 2.23. The van der Waals surface area contributed by atoms with Gasteiger partial charge in [0, 0.05) is 19.5 Å². The number of rotatable bonds is 4. The molecular formula is C17H21N5O3S. The molecule has 1 unspecified atom stereocenters. The van der Waals surface area contributed by atoms with Gasteiger partial charge in [0.15, 0.2) is 6.10 Å². The molecule has 0 radical (unpaired) electrons. The zero-order valence-corrected chi connectivity index (χ0v) is 16.4. The predicted molar refractivity (Wildman–Crippen MR) is 99.5 cm³/mol. The third-order valence-corrected chi connectivity index (χ3v) is 5.49. The van der Waals surface area contributed by atoms with Crippen molar-refractivity contribution in [2.24, 2.45) is 14.1 Å². The van der Waals surface area contributed by atoms with Crippen molar-refractivity contribution in [2.75, 3.05) is 5.32 Å². The zero-order valence-electron chi connectivity index (χ0n) is 15.6. The Kier molecular flexibility index (Phi) is 4.57. The second-order valence-corrected chi connectivity index (χ2v) is 7.28. The van der Waals surface area contributed by atoms with Crippen LogP contribution in [0.15, 0.2) is 6.07 Å². The quantitative estimate of drug-likeness (QED) is 0.708. The van der Waals surface area contributed by atoms with Crippen LogP contribution in [0.4, 0.5) is 5.69 Å². The fourth-order valence-corrected chi connectivity index (χ4v) is 3.76. The molecule has 0 aliphatic heterocycles. The fourth-order valence-electron chi connectivity index (χ4n) is 2.76. The zero-order chi connectivity index (χ0) is 19.2. The molecule has 1 N–H and O–H groups in total. The van der Waals surface area contributed by atoms with Gasteiger partial charge in [-0.1, -0.05) is 0 Å². The van der Waals surface area contributed by atoms with Crippen LogP contribution < -0.4 is 5.32 Å². The Labute approximate surface area is 154 Å². The maximum Gasteiger partial charge on any atom is 0.349 e. The van der Waals surface area contributed by atoms with Gasteiger partial charge >= 0.3 is 5.97 Å². The number of aryl methyl sites for hydroxylation is 4. The van der Waals surface area contributed by atoms with Crippen molar-refractivity contribution in [1.29, 1.82) is 0 Å². The second-order valence-electron chi connectivity index (χ2n) is 6.24. The normalized spacial score (nSPS) is 12.4. The average molecular weight is 375 g/mol. The average Bonchev–Trinajstić information content (AvgIpc) is 3.19. The van der Waals surface area contributed by atoms with Gasteiger partial charge in [-0.05, 0) is 33.8 Å². The van der Waals surface area contributed by atoms with Crippen LogP contribution in [-0.2, 0) is 23.6 Å². The van der Waals surface area contributed by atoms with Crippen LogP contribution in [-0.4, -0.2) is 37.5 Å². The molecule has 0 saturated heterocycles. The van der Waals surface area contributed by atoms with Crippen LogP contribution in [0.1, 0.15) is 33.7 Å². The number of amides is 1. The van der Waals surface area contributed by atoms with E-state index in [9.17, 15) is 9.59 Å². The lowest BCUT2D eigenvalue weighted by molar-refractivity contribution is -0.123. The summed E-state index contributed by atoms with van der Waals surface area (Å²) in [6.07, 6.45) is -0.925. The van der Waals surface area contributed by atoms with E-state index in [1.807, 2.05) is 27.8 Å². The molecule has 1 amide bonds. The van der Waals surface area contributed by atoms with Gasteiger partial charge in [0.25, 0.3) is 5.91 Å². The largest absolute Gasteiger partial charge is 0.448 e. The van der Waals surface area contributed by atoms with Crippen molar-refractivity contribution < 1.29 is 14.3 Å². The number of nitrogens with zero attached hydrogens (tertiary/aromatic N) is 4. The van der Waals surface area contributed by atoms with E-state index in [0.717, 1.165) is 21.6 Å². The van der Waals surface area contributed by atoms with Gasteiger partial charge in [0.1, 0.15) is 9.71 Å². The molecule has 3 aromatic rings. The molecule has 3 rings (SSSR count). The van der Waals surface area contributed by atoms with E-state index in [1.54, 1.807) is 29.4 Å². The summed E-state index contributed by atoms with van der Waals surface area (Å²) in [5, 5.41) is 12.3. The molecule has 138 valence electrons. The number of carbonyl (C=O) groups excluding carboxylic acids is 2. The Morgan fingerprint density at radius 2 is 1.81 bits per heavy atom. The van der Waals surface area contributed by atoms with Gasteiger partial charge < -0.3 is 10.1 Å². The van der Waals surface area contributed by atoms with E-state index < -0.39 is 18.0 Å². The summed E-state index contributed by atoms with van der Waals surface area (Å²) in [6, 6.07) is 1.75. The molecule has 0 aliphatic rings. The Balaban J connectivity index is 1.71. The number of thiophene rings is 1. The molecule has 8 nitrogen and oxygen atoms in total. The molecule has 0 aliphatic carbocycles. The number of anilines is 1. The third-order valence-electron chi connectivity index (χ3n) is 4.31. The lowest BCUT2D eigenvalue weighted by atomic mass is 10.3. The summed E-state index contributed by atoms with van der Waals surface area (Å²) in [5.74, 6) is -0.913. The predicted octanol–water partition coefficient (Wildman–Crippen LogP) is 2.48. The third kappa shape index (κ3) is 3.10. The molecule has 0 aromatic carbocycles. The number of nitrogens with one attached hydrogen (secondary N) is 1. The van der Waals surface area contributed by atoms with E-state index in [0.29, 0.717) is 16.3 Å². The molecule has 0 spiro atoms. The summed E-state index contributed by atoms with van der Waals surface area (Å²) in [5.41, 5.74) is 3.04. The van der Waals surface area contributed by atoms with E-state index in [-0.39, 0.29) is 0 Å². The molecular weight excluding hydrogens is 354 g/mol. The van der Waals surface area contributed by atoms with E-state index in [4.69, 9.17) is 4.74 Å². The number of hydrogen-bond donors (Lipinski definition) is 1. The molecule has 0 fully saturated rings.